The highest BCUT2D eigenvalue weighted by molar-refractivity contribution is 5.04. The second kappa shape index (κ2) is 6.83. The summed E-state index contributed by atoms with van der Waals surface area (Å²) in [6.07, 6.45) is -25.6. The van der Waals surface area contributed by atoms with E-state index in [1.165, 1.54) is 0 Å². The van der Waals surface area contributed by atoms with Crippen LogP contribution in [0.15, 0.2) is 12.1 Å². The third kappa shape index (κ3) is 4.27. The molecular weight excluding hydrogens is 439 g/mol. The molecule has 0 saturated heterocycles. The Morgan fingerprint density at radius 2 is 1.04 bits per heavy atom. The lowest BCUT2D eigenvalue weighted by Gasteiger charge is -2.36. The first-order chi connectivity index (χ1) is 11.6. The van der Waals surface area contributed by atoms with Gasteiger partial charge >= 0.3 is 48.2 Å². The van der Waals surface area contributed by atoms with Gasteiger partial charge in [0.2, 0.25) is 0 Å². The number of hydrogen-bond donors (Lipinski definition) is 0. The molecule has 0 amide bonds. The van der Waals surface area contributed by atoms with Crippen molar-refractivity contribution in [3.63, 3.8) is 0 Å². The Labute approximate surface area is 136 Å². The fraction of sp³-hybridized carbons (Fsp3) is 0.667. The zero-order valence-corrected chi connectivity index (χ0v) is 11.4. The van der Waals surface area contributed by atoms with Crippen LogP contribution in [0.2, 0.25) is 0 Å². The molecule has 0 rings (SSSR count). The topological polar surface area (TPSA) is 42.2 Å². The third-order valence-corrected chi connectivity index (χ3v) is 2.27. The molecule has 158 valence electrons. The van der Waals surface area contributed by atoms with Crippen LogP contribution in [0.5, 0.6) is 0 Å². The highest BCUT2D eigenvalue weighted by Gasteiger charge is 2.85. The Hall–Kier alpha value is -2.06. The van der Waals surface area contributed by atoms with Crippen molar-refractivity contribution >= 4 is 0 Å². The van der Waals surface area contributed by atoms with Gasteiger partial charge in [-0.1, -0.05) is 0 Å². The maximum atomic E-state index is 13.0. The average Bonchev–Trinajstić information content (AvgIpc) is 2.44. The zero-order chi connectivity index (χ0) is 22.3. The smallest absolute Gasteiger partial charge is 0.397 e. The summed E-state index contributed by atoms with van der Waals surface area (Å²) in [7, 11) is 0. The van der Waals surface area contributed by atoms with E-state index < -0.39 is 54.3 Å². The van der Waals surface area contributed by atoms with Gasteiger partial charge in [0.15, 0.2) is 0 Å². The molecule has 0 aliphatic rings. The van der Waals surface area contributed by atoms with Crippen LogP contribution in [0.25, 0.3) is 0 Å². The normalized spacial score (nSPS) is 16.4. The first-order valence-corrected chi connectivity index (χ1v) is 5.37. The van der Waals surface area contributed by atoms with Gasteiger partial charge in [-0.25, -0.2) is 0 Å². The van der Waals surface area contributed by atoms with Crippen LogP contribution in [-0.2, 0) is 9.47 Å². The van der Waals surface area contributed by atoms with Crippen molar-refractivity contribution in [1.29, 1.82) is 5.26 Å². The van der Waals surface area contributed by atoms with Gasteiger partial charge in [0.05, 0.1) is 0 Å². The highest BCUT2D eigenvalue weighted by atomic mass is 19.4. The molecule has 3 nitrogen and oxygen atoms in total. The summed E-state index contributed by atoms with van der Waals surface area (Å²) in [5, 5.41) is 7.75. The van der Waals surface area contributed by atoms with Crippen LogP contribution >= 0.6 is 0 Å². The van der Waals surface area contributed by atoms with Crippen molar-refractivity contribution < 1.29 is 75.3 Å². The van der Waals surface area contributed by atoms with Crippen LogP contribution in [0, 0.1) is 11.3 Å². The molecule has 0 aliphatic heterocycles. The van der Waals surface area contributed by atoms with E-state index in [1.807, 2.05) is 0 Å². The lowest BCUT2D eigenvalue weighted by atomic mass is 10.1. The molecular formula is C9F15NO2. The van der Waals surface area contributed by atoms with E-state index in [-0.39, 0.29) is 0 Å². The Balaban J connectivity index is 6.14. The maximum Gasteiger partial charge on any atom is 0.473 e. The van der Waals surface area contributed by atoms with Gasteiger partial charge in [-0.15, -0.1) is 0 Å². The maximum absolute atomic E-state index is 13.0. The highest BCUT2D eigenvalue weighted by Crippen LogP contribution is 2.55. The zero-order valence-electron chi connectivity index (χ0n) is 11.4. The van der Waals surface area contributed by atoms with E-state index in [9.17, 15) is 65.9 Å². The molecule has 0 heterocycles. The molecule has 1 unspecified atom stereocenters. The van der Waals surface area contributed by atoms with Gasteiger partial charge in [0.1, 0.15) is 6.07 Å². The first-order valence-electron chi connectivity index (χ1n) is 5.37. The van der Waals surface area contributed by atoms with Crippen molar-refractivity contribution in [3.05, 3.63) is 12.1 Å². The Morgan fingerprint density at radius 3 is 1.33 bits per heavy atom. The quantitative estimate of drug-likeness (QED) is 0.402. The molecule has 0 spiro atoms. The Kier molecular flexibility index (Phi) is 6.31. The third-order valence-electron chi connectivity index (χ3n) is 2.27. The molecule has 27 heavy (non-hydrogen) atoms. The molecule has 1 atom stereocenters. The minimum atomic E-state index is -7.87. The van der Waals surface area contributed by atoms with E-state index >= 15 is 0 Å². The largest absolute Gasteiger partial charge is 0.473 e. The minimum Gasteiger partial charge on any atom is -0.397 e. The molecule has 0 aliphatic carbocycles. The predicted molar refractivity (Wildman–Crippen MR) is 47.8 cm³/mol. The molecule has 18 heteroatoms. The molecule has 0 N–H and O–H groups in total. The lowest BCUT2D eigenvalue weighted by molar-refractivity contribution is -0.489. The van der Waals surface area contributed by atoms with Gasteiger partial charge in [-0.2, -0.15) is 71.1 Å². The number of alkyl halides is 12. The number of hydrogen-bond acceptors (Lipinski definition) is 3. The molecule has 0 aromatic heterocycles. The summed E-state index contributed by atoms with van der Waals surface area (Å²) in [5.74, 6) is -22.0. The summed E-state index contributed by atoms with van der Waals surface area (Å²) < 4.78 is 191. The second-order valence-corrected chi connectivity index (χ2v) is 4.13. The molecule has 0 radical (unpaired) electrons. The predicted octanol–water partition coefficient (Wildman–Crippen LogP) is 5.26. The van der Waals surface area contributed by atoms with Gasteiger partial charge < -0.3 is 4.74 Å². The number of ether oxygens (including phenoxy) is 2. The summed E-state index contributed by atoms with van der Waals surface area (Å²) >= 11 is 0. The number of nitriles is 1. The standard InChI is InChI=1S/C9F15NO2/c10-2(11)3(12)26-8(21,22)5(14,15)6(16,17)9(23,24)27-4(13,1-25)7(18,19)20. The number of halogens is 15. The average molecular weight is 439 g/mol. The van der Waals surface area contributed by atoms with E-state index in [0.717, 1.165) is 0 Å². The molecule has 0 saturated carbocycles. The summed E-state index contributed by atoms with van der Waals surface area (Å²) in [6, 6.07) is -4.71. The van der Waals surface area contributed by atoms with Crippen LogP contribution in [0.1, 0.15) is 0 Å². The molecule has 0 aromatic rings. The van der Waals surface area contributed by atoms with Crippen LogP contribution in [-0.4, -0.2) is 36.1 Å². The fourth-order valence-electron chi connectivity index (χ4n) is 0.966. The monoisotopic (exact) mass is 439 g/mol. The van der Waals surface area contributed by atoms with Crippen molar-refractivity contribution in [3.8, 4) is 6.07 Å². The summed E-state index contributed by atoms with van der Waals surface area (Å²) in [4.78, 5) is 0. The van der Waals surface area contributed by atoms with Crippen LogP contribution in [0.4, 0.5) is 65.9 Å². The van der Waals surface area contributed by atoms with Gasteiger partial charge in [-0.05, 0) is 0 Å². The first kappa shape index (κ1) is 24.9. The van der Waals surface area contributed by atoms with Gasteiger partial charge in [0, 0.05) is 0 Å². The van der Waals surface area contributed by atoms with E-state index in [2.05, 4.69) is 0 Å². The van der Waals surface area contributed by atoms with Crippen molar-refractivity contribution in [2.45, 2.75) is 36.1 Å². The van der Waals surface area contributed by atoms with Crippen molar-refractivity contribution in [2.24, 2.45) is 0 Å². The Bertz CT molecular complexity index is 628. The lowest BCUT2D eigenvalue weighted by Crippen LogP contribution is -2.65. The molecule has 0 fully saturated rings. The minimum absolute atomic E-state index is 0.774. The SMILES string of the molecule is N#CC(F)(OC(F)(F)C(F)(F)C(F)(F)C(F)(F)OC(F)=C(F)F)C(F)(F)F. The number of rotatable bonds is 7. The Morgan fingerprint density at radius 1 is 0.667 bits per heavy atom. The second-order valence-electron chi connectivity index (χ2n) is 4.13. The van der Waals surface area contributed by atoms with E-state index in [1.54, 1.807) is 9.47 Å². The van der Waals surface area contributed by atoms with E-state index in [0.29, 0.717) is 0 Å². The van der Waals surface area contributed by atoms with Gasteiger partial charge in [-0.3, -0.25) is 4.74 Å². The van der Waals surface area contributed by atoms with E-state index in [4.69, 9.17) is 5.26 Å². The summed E-state index contributed by atoms with van der Waals surface area (Å²) in [5.41, 5.74) is 0. The van der Waals surface area contributed by atoms with Crippen LogP contribution < -0.4 is 0 Å². The van der Waals surface area contributed by atoms with Crippen molar-refractivity contribution in [1.82, 2.24) is 0 Å². The summed E-state index contributed by atoms with van der Waals surface area (Å²) in [6.45, 7) is 0. The molecule has 0 aromatic carbocycles. The molecule has 0 bridgehead atoms. The fourth-order valence-corrected chi connectivity index (χ4v) is 0.966. The van der Waals surface area contributed by atoms with Crippen LogP contribution in [0.3, 0.4) is 0 Å². The van der Waals surface area contributed by atoms with Crippen molar-refractivity contribution in [2.75, 3.05) is 0 Å². The van der Waals surface area contributed by atoms with Gasteiger partial charge in [0.25, 0.3) is 0 Å². The number of nitrogens with zero attached hydrogens (tertiary/aromatic N) is 1.